The highest BCUT2D eigenvalue weighted by atomic mass is 16.5. The lowest BCUT2D eigenvalue weighted by Gasteiger charge is -2.12. The van der Waals surface area contributed by atoms with Gasteiger partial charge in [-0.25, -0.2) is 9.48 Å². The molecule has 1 saturated heterocycles. The quantitative estimate of drug-likeness (QED) is 0.419. The Morgan fingerprint density at radius 1 is 1.09 bits per heavy atom. The van der Waals surface area contributed by atoms with E-state index in [9.17, 15) is 19.2 Å². The maximum absolute atomic E-state index is 12.7. The van der Waals surface area contributed by atoms with Crippen LogP contribution in [-0.2, 0) is 9.59 Å². The normalized spacial score (nSPS) is 12.9. The SMILES string of the molecule is COc1cccc(-n2nnc(C(=O)Nc3ccc(NC(=O)CCN4C(=O)CNC4=O)cc3)c2C)c1. The molecule has 0 atom stereocenters. The van der Waals surface area contributed by atoms with Gasteiger partial charge in [0.2, 0.25) is 11.8 Å². The zero-order valence-corrected chi connectivity index (χ0v) is 19.1. The highest BCUT2D eigenvalue weighted by molar-refractivity contribution is 6.04. The summed E-state index contributed by atoms with van der Waals surface area (Å²) in [6.07, 6.45) is -0.0279. The molecule has 12 heteroatoms. The molecular weight excluding hydrogens is 454 g/mol. The van der Waals surface area contributed by atoms with Crippen LogP contribution in [-0.4, -0.2) is 63.8 Å². The number of hydrogen-bond donors (Lipinski definition) is 3. The summed E-state index contributed by atoms with van der Waals surface area (Å²) in [5.74, 6) is -0.478. The van der Waals surface area contributed by atoms with Gasteiger partial charge in [0.05, 0.1) is 25.0 Å². The average Bonchev–Trinajstić information content (AvgIpc) is 3.40. The van der Waals surface area contributed by atoms with Crippen molar-refractivity contribution in [2.75, 3.05) is 30.8 Å². The molecule has 0 bridgehead atoms. The lowest BCUT2D eigenvalue weighted by molar-refractivity contribution is -0.125. The molecule has 1 aromatic heterocycles. The summed E-state index contributed by atoms with van der Waals surface area (Å²) in [6, 6.07) is 13.3. The first-order valence-corrected chi connectivity index (χ1v) is 10.7. The van der Waals surface area contributed by atoms with Gasteiger partial charge in [-0.1, -0.05) is 11.3 Å². The Labute approximate surface area is 200 Å². The lowest BCUT2D eigenvalue weighted by atomic mass is 10.2. The molecule has 3 aromatic rings. The van der Waals surface area contributed by atoms with Crippen LogP contribution in [0.3, 0.4) is 0 Å². The highest BCUT2D eigenvalue weighted by Crippen LogP contribution is 2.19. The summed E-state index contributed by atoms with van der Waals surface area (Å²) in [6.45, 7) is 1.69. The Balaban J connectivity index is 1.34. The maximum Gasteiger partial charge on any atom is 0.324 e. The predicted octanol–water partition coefficient (Wildman–Crippen LogP) is 1.72. The standard InChI is InChI=1S/C23H23N7O5/c1-14-21(27-28-30(14)17-4-3-5-18(12-17)35-2)22(33)26-16-8-6-15(7-9-16)25-19(31)10-11-29-20(32)13-24-23(29)34/h3-9,12H,10-11,13H2,1-2H3,(H,24,34)(H,25,31)(H,26,33). The van der Waals surface area contributed by atoms with E-state index in [1.165, 1.54) is 0 Å². The molecule has 35 heavy (non-hydrogen) atoms. The van der Waals surface area contributed by atoms with Crippen molar-refractivity contribution in [3.05, 3.63) is 59.9 Å². The second-order valence-corrected chi connectivity index (χ2v) is 7.67. The van der Waals surface area contributed by atoms with Gasteiger partial charge in [-0.05, 0) is 43.3 Å². The summed E-state index contributed by atoms with van der Waals surface area (Å²) in [4.78, 5) is 49.0. The van der Waals surface area contributed by atoms with Gasteiger partial charge in [0.15, 0.2) is 5.69 Å². The topological polar surface area (TPSA) is 148 Å². The third-order valence-corrected chi connectivity index (χ3v) is 5.33. The summed E-state index contributed by atoms with van der Waals surface area (Å²) < 4.78 is 6.78. The molecule has 12 nitrogen and oxygen atoms in total. The number of amides is 5. The zero-order chi connectivity index (χ0) is 24.9. The van der Waals surface area contributed by atoms with Gasteiger partial charge in [0.25, 0.3) is 5.91 Å². The number of nitrogens with one attached hydrogen (secondary N) is 3. The van der Waals surface area contributed by atoms with E-state index in [4.69, 9.17) is 4.74 Å². The highest BCUT2D eigenvalue weighted by Gasteiger charge is 2.28. The second-order valence-electron chi connectivity index (χ2n) is 7.67. The van der Waals surface area contributed by atoms with Crippen molar-refractivity contribution in [1.82, 2.24) is 25.2 Å². The molecule has 0 saturated carbocycles. The minimum absolute atomic E-state index is 0.000434. The number of ether oxygens (including phenoxy) is 1. The van der Waals surface area contributed by atoms with E-state index in [0.29, 0.717) is 28.5 Å². The number of imide groups is 1. The minimum atomic E-state index is -0.498. The van der Waals surface area contributed by atoms with Crippen LogP contribution in [0, 0.1) is 6.92 Å². The van der Waals surface area contributed by atoms with Gasteiger partial charge in [-0.15, -0.1) is 5.10 Å². The number of carbonyl (C=O) groups excluding carboxylic acids is 4. The van der Waals surface area contributed by atoms with Crippen LogP contribution >= 0.6 is 0 Å². The number of anilines is 2. The average molecular weight is 477 g/mol. The summed E-state index contributed by atoms with van der Waals surface area (Å²) >= 11 is 0. The molecule has 1 aliphatic rings. The van der Waals surface area contributed by atoms with Crippen molar-refractivity contribution in [3.8, 4) is 11.4 Å². The Hall–Kier alpha value is -4.74. The van der Waals surface area contributed by atoms with Crippen molar-refractivity contribution in [2.24, 2.45) is 0 Å². The van der Waals surface area contributed by atoms with Gasteiger partial charge in [0, 0.05) is 30.4 Å². The van der Waals surface area contributed by atoms with Gasteiger partial charge in [-0.3, -0.25) is 19.3 Å². The largest absolute Gasteiger partial charge is 0.497 e. The fourth-order valence-electron chi connectivity index (χ4n) is 3.47. The molecule has 0 spiro atoms. The Bertz CT molecular complexity index is 1270. The number of methoxy groups -OCH3 is 1. The fourth-order valence-corrected chi connectivity index (χ4v) is 3.47. The molecule has 0 aliphatic carbocycles. The van der Waals surface area contributed by atoms with Crippen LogP contribution < -0.4 is 20.7 Å². The van der Waals surface area contributed by atoms with E-state index in [0.717, 1.165) is 4.90 Å². The molecule has 1 fully saturated rings. The van der Waals surface area contributed by atoms with Gasteiger partial charge < -0.3 is 20.7 Å². The van der Waals surface area contributed by atoms with E-state index in [1.807, 2.05) is 18.2 Å². The number of benzene rings is 2. The number of rotatable bonds is 8. The van der Waals surface area contributed by atoms with E-state index < -0.39 is 11.9 Å². The maximum atomic E-state index is 12.7. The Morgan fingerprint density at radius 2 is 1.80 bits per heavy atom. The number of aromatic nitrogens is 3. The first-order chi connectivity index (χ1) is 16.9. The Morgan fingerprint density at radius 3 is 2.46 bits per heavy atom. The predicted molar refractivity (Wildman–Crippen MR) is 125 cm³/mol. The number of carbonyl (C=O) groups is 4. The summed E-state index contributed by atoms with van der Waals surface area (Å²) in [7, 11) is 1.57. The molecule has 5 amide bonds. The molecule has 0 radical (unpaired) electrons. The Kier molecular flexibility index (Phi) is 6.71. The molecule has 1 aliphatic heterocycles. The van der Waals surface area contributed by atoms with E-state index in [2.05, 4.69) is 26.3 Å². The number of hydrogen-bond acceptors (Lipinski definition) is 7. The summed E-state index contributed by atoms with van der Waals surface area (Å²) in [5.41, 5.74) is 2.45. The van der Waals surface area contributed by atoms with Gasteiger partial charge in [-0.2, -0.15) is 0 Å². The van der Waals surface area contributed by atoms with E-state index >= 15 is 0 Å². The van der Waals surface area contributed by atoms with Crippen LogP contribution in [0.1, 0.15) is 22.6 Å². The first-order valence-electron chi connectivity index (χ1n) is 10.7. The van der Waals surface area contributed by atoms with Gasteiger partial charge >= 0.3 is 6.03 Å². The van der Waals surface area contributed by atoms with Crippen molar-refractivity contribution < 1.29 is 23.9 Å². The van der Waals surface area contributed by atoms with E-state index in [-0.39, 0.29) is 37.0 Å². The van der Waals surface area contributed by atoms with Crippen LogP contribution in [0.5, 0.6) is 5.75 Å². The molecular formula is C23H23N7O5. The molecule has 180 valence electrons. The van der Waals surface area contributed by atoms with Crippen molar-refractivity contribution in [1.29, 1.82) is 0 Å². The second kappa shape index (κ2) is 10.0. The monoisotopic (exact) mass is 477 g/mol. The molecule has 4 rings (SSSR count). The van der Waals surface area contributed by atoms with Crippen molar-refractivity contribution in [2.45, 2.75) is 13.3 Å². The lowest BCUT2D eigenvalue weighted by Crippen LogP contribution is -2.33. The fraction of sp³-hybridized carbons (Fsp3) is 0.217. The third kappa shape index (κ3) is 5.27. The zero-order valence-electron chi connectivity index (χ0n) is 19.1. The smallest absolute Gasteiger partial charge is 0.324 e. The minimum Gasteiger partial charge on any atom is -0.497 e. The summed E-state index contributed by atoms with van der Waals surface area (Å²) in [5, 5.41) is 15.9. The number of nitrogens with zero attached hydrogens (tertiary/aromatic N) is 4. The van der Waals surface area contributed by atoms with Crippen LogP contribution in [0.4, 0.5) is 16.2 Å². The number of urea groups is 1. The van der Waals surface area contributed by atoms with Crippen molar-refractivity contribution in [3.63, 3.8) is 0 Å². The van der Waals surface area contributed by atoms with E-state index in [1.54, 1.807) is 49.0 Å². The molecule has 2 aromatic carbocycles. The third-order valence-electron chi connectivity index (χ3n) is 5.33. The van der Waals surface area contributed by atoms with Crippen LogP contribution in [0.2, 0.25) is 0 Å². The molecule has 0 unspecified atom stereocenters. The van der Waals surface area contributed by atoms with Crippen LogP contribution in [0.15, 0.2) is 48.5 Å². The van der Waals surface area contributed by atoms with Gasteiger partial charge in [0.1, 0.15) is 5.75 Å². The molecule has 2 heterocycles. The first kappa shape index (κ1) is 23.4. The van der Waals surface area contributed by atoms with Crippen LogP contribution in [0.25, 0.3) is 5.69 Å². The molecule has 3 N–H and O–H groups in total. The van der Waals surface area contributed by atoms with Crippen molar-refractivity contribution >= 4 is 35.1 Å².